The number of nitrogens with zero attached hydrogens (tertiary/aromatic N) is 5. The average Bonchev–Trinajstić information content (AvgIpc) is 3.50. The summed E-state index contributed by atoms with van der Waals surface area (Å²) in [6.07, 6.45) is 6.02. The van der Waals surface area contributed by atoms with Crippen LogP contribution in [0.1, 0.15) is 29.0 Å². The third kappa shape index (κ3) is 5.03. The Hall–Kier alpha value is -3.76. The number of nitrogens with one attached hydrogen (secondary N) is 1. The number of rotatable bonds is 7. The molecule has 10 nitrogen and oxygen atoms in total. The summed E-state index contributed by atoms with van der Waals surface area (Å²) in [5.41, 5.74) is 4.14. The maximum atomic E-state index is 13.2. The van der Waals surface area contributed by atoms with E-state index in [1.807, 2.05) is 36.0 Å². The number of aliphatic hydroxyl groups excluding tert-OH is 1. The number of amides is 1. The second-order valence-electron chi connectivity index (χ2n) is 8.71. The minimum atomic E-state index is -0.366. The molecule has 1 amide bonds. The van der Waals surface area contributed by atoms with Gasteiger partial charge in [-0.1, -0.05) is 0 Å². The van der Waals surface area contributed by atoms with E-state index in [-0.39, 0.29) is 17.7 Å². The van der Waals surface area contributed by atoms with Crippen LogP contribution in [-0.2, 0) is 11.3 Å². The number of carbonyl (C=O) groups is 1. The lowest BCUT2D eigenvalue weighted by atomic mass is 10.1. The van der Waals surface area contributed by atoms with Crippen molar-refractivity contribution in [3.63, 3.8) is 0 Å². The summed E-state index contributed by atoms with van der Waals surface area (Å²) in [5.74, 6) is -0.00374. The first-order chi connectivity index (χ1) is 17.0. The second kappa shape index (κ2) is 9.85. The molecule has 10 heteroatoms. The van der Waals surface area contributed by atoms with Crippen LogP contribution in [0.2, 0.25) is 0 Å². The van der Waals surface area contributed by atoms with Crippen LogP contribution in [0.25, 0.3) is 22.4 Å². The van der Waals surface area contributed by atoms with Crippen molar-refractivity contribution >= 4 is 28.2 Å². The fourth-order valence-electron chi connectivity index (χ4n) is 4.26. The number of hydrogen-bond acceptors (Lipinski definition) is 8. The van der Waals surface area contributed by atoms with Crippen LogP contribution in [0, 0.1) is 6.92 Å². The van der Waals surface area contributed by atoms with Gasteiger partial charge in [0.1, 0.15) is 6.26 Å². The Morgan fingerprint density at radius 1 is 1.29 bits per heavy atom. The van der Waals surface area contributed by atoms with E-state index in [1.54, 1.807) is 19.4 Å². The number of aliphatic hydroxyl groups is 1. The molecule has 0 aliphatic carbocycles. The first-order valence-corrected chi connectivity index (χ1v) is 11.6. The summed E-state index contributed by atoms with van der Waals surface area (Å²) in [5, 5.41) is 18.5. The second-order valence-corrected chi connectivity index (χ2v) is 8.71. The number of fused-ring (bicyclic) bond motifs is 1. The smallest absolute Gasteiger partial charge is 0.277 e. The molecular weight excluding hydrogens is 448 g/mol. The van der Waals surface area contributed by atoms with Crippen molar-refractivity contribution in [2.45, 2.75) is 32.4 Å². The molecule has 35 heavy (non-hydrogen) atoms. The monoisotopic (exact) mass is 476 g/mol. The normalized spacial score (nSPS) is 14.5. The number of anilines is 2. The van der Waals surface area contributed by atoms with E-state index in [4.69, 9.17) is 9.15 Å². The quantitative estimate of drug-likeness (QED) is 0.417. The lowest BCUT2D eigenvalue weighted by Gasteiger charge is -2.32. The highest BCUT2D eigenvalue weighted by Crippen LogP contribution is 2.33. The number of ether oxygens (including phenoxy) is 1. The number of methoxy groups -OCH3 is 1. The Morgan fingerprint density at radius 3 is 2.89 bits per heavy atom. The summed E-state index contributed by atoms with van der Waals surface area (Å²) >= 11 is 0. The van der Waals surface area contributed by atoms with E-state index in [0.29, 0.717) is 50.7 Å². The summed E-state index contributed by atoms with van der Waals surface area (Å²) < 4.78 is 12.6. The van der Waals surface area contributed by atoms with Gasteiger partial charge in [0.15, 0.2) is 5.69 Å². The van der Waals surface area contributed by atoms with Crippen molar-refractivity contribution in [3.05, 3.63) is 54.3 Å². The maximum absolute atomic E-state index is 13.2. The van der Waals surface area contributed by atoms with Gasteiger partial charge in [0.25, 0.3) is 5.91 Å². The molecule has 0 atom stereocenters. The van der Waals surface area contributed by atoms with Crippen molar-refractivity contribution in [2.75, 3.05) is 37.0 Å². The minimum Gasteiger partial charge on any atom is -0.444 e. The van der Waals surface area contributed by atoms with Gasteiger partial charge in [0.05, 0.1) is 36.1 Å². The molecule has 1 aliphatic rings. The first-order valence-electron chi connectivity index (χ1n) is 11.6. The third-order valence-electron chi connectivity index (χ3n) is 6.13. The number of aryl methyl sites for hydroxylation is 1. The van der Waals surface area contributed by atoms with E-state index in [0.717, 1.165) is 27.8 Å². The summed E-state index contributed by atoms with van der Waals surface area (Å²) in [6, 6.07) is 7.56. The number of oxazole rings is 1. The molecule has 1 aliphatic heterocycles. The lowest BCUT2D eigenvalue weighted by Crippen LogP contribution is -2.36. The highest BCUT2D eigenvalue weighted by atomic mass is 16.5. The van der Waals surface area contributed by atoms with Crippen LogP contribution in [0.15, 0.2) is 47.3 Å². The Kier molecular flexibility index (Phi) is 6.47. The number of carbonyl (C=O) groups excluding carboxylic acids is 1. The molecule has 3 aromatic heterocycles. The fourth-order valence-corrected chi connectivity index (χ4v) is 4.26. The zero-order valence-electron chi connectivity index (χ0n) is 19.8. The number of benzene rings is 1. The molecule has 4 aromatic rings. The molecule has 0 radical (unpaired) electrons. The van der Waals surface area contributed by atoms with Gasteiger partial charge in [-0.25, -0.2) is 4.98 Å². The number of hydrogen-bond donors (Lipinski definition) is 2. The molecule has 4 heterocycles. The molecule has 1 saturated heterocycles. The van der Waals surface area contributed by atoms with Crippen LogP contribution in [0.3, 0.4) is 0 Å². The minimum absolute atomic E-state index is 0.186. The van der Waals surface area contributed by atoms with Crippen molar-refractivity contribution in [1.82, 2.24) is 19.7 Å². The molecule has 182 valence electrons. The highest BCUT2D eigenvalue weighted by molar-refractivity contribution is 6.06. The lowest BCUT2D eigenvalue weighted by molar-refractivity contribution is 0.102. The molecule has 0 unspecified atom stereocenters. The Balaban J connectivity index is 1.44. The van der Waals surface area contributed by atoms with Crippen LogP contribution >= 0.6 is 0 Å². The van der Waals surface area contributed by atoms with Gasteiger partial charge in [0.2, 0.25) is 5.89 Å². The van der Waals surface area contributed by atoms with Crippen molar-refractivity contribution in [1.29, 1.82) is 0 Å². The van der Waals surface area contributed by atoms with Crippen LogP contribution in [0.4, 0.5) is 11.4 Å². The van der Waals surface area contributed by atoms with Crippen LogP contribution < -0.4 is 10.2 Å². The topological polar surface area (TPSA) is 119 Å². The molecule has 5 rings (SSSR count). The molecule has 1 fully saturated rings. The van der Waals surface area contributed by atoms with Gasteiger partial charge in [-0.2, -0.15) is 5.10 Å². The molecule has 0 saturated carbocycles. The van der Waals surface area contributed by atoms with E-state index in [1.165, 1.54) is 6.26 Å². The van der Waals surface area contributed by atoms with Gasteiger partial charge in [-0.15, -0.1) is 0 Å². The zero-order chi connectivity index (χ0) is 24.4. The zero-order valence-corrected chi connectivity index (χ0v) is 19.8. The SMILES string of the molecule is COCCn1cc2cc(NC(=O)c3coc(-c4ccnc(C)c4)n3)c(N3CCC(O)CC3)cc2n1. The third-order valence-corrected chi connectivity index (χ3v) is 6.13. The predicted octanol–water partition coefficient (Wildman–Crippen LogP) is 3.25. The summed E-state index contributed by atoms with van der Waals surface area (Å²) in [7, 11) is 1.66. The van der Waals surface area contributed by atoms with Gasteiger partial charge in [-0.3, -0.25) is 14.5 Å². The number of piperidine rings is 1. The molecule has 1 aromatic carbocycles. The van der Waals surface area contributed by atoms with Gasteiger partial charge < -0.3 is 24.5 Å². The summed E-state index contributed by atoms with van der Waals surface area (Å²) in [6.45, 7) is 4.45. The van der Waals surface area contributed by atoms with Crippen molar-refractivity contribution in [2.24, 2.45) is 0 Å². The van der Waals surface area contributed by atoms with E-state index in [2.05, 4.69) is 25.3 Å². The maximum Gasteiger partial charge on any atom is 0.277 e. The van der Waals surface area contributed by atoms with E-state index in [9.17, 15) is 9.90 Å². The van der Waals surface area contributed by atoms with Crippen molar-refractivity contribution < 1.29 is 19.1 Å². The summed E-state index contributed by atoms with van der Waals surface area (Å²) in [4.78, 5) is 23.9. The van der Waals surface area contributed by atoms with Crippen LogP contribution in [0.5, 0.6) is 0 Å². The van der Waals surface area contributed by atoms with Crippen LogP contribution in [-0.4, -0.2) is 63.7 Å². The largest absolute Gasteiger partial charge is 0.444 e. The van der Waals surface area contributed by atoms with E-state index >= 15 is 0 Å². The molecule has 0 bridgehead atoms. The van der Waals surface area contributed by atoms with Crippen molar-refractivity contribution in [3.8, 4) is 11.5 Å². The van der Waals surface area contributed by atoms with Gasteiger partial charge in [-0.05, 0) is 44.0 Å². The Labute approximate surface area is 202 Å². The average molecular weight is 477 g/mol. The van der Waals surface area contributed by atoms with Gasteiger partial charge in [0, 0.05) is 49.2 Å². The first kappa shape index (κ1) is 23.0. The molecule has 0 spiro atoms. The van der Waals surface area contributed by atoms with E-state index < -0.39 is 0 Å². The standard InChI is InChI=1S/C25H28N6O4/c1-16-11-17(3-6-26-16)25-28-22(15-35-25)24(33)27-21-12-18-14-31(9-10-34-2)29-20(18)13-23(21)30-7-4-19(32)5-8-30/h3,6,11-15,19,32H,4-5,7-10H2,1-2H3,(H,27,33). The number of aromatic nitrogens is 4. The number of pyridine rings is 1. The molecular formula is C25H28N6O4. The predicted molar refractivity (Wildman–Crippen MR) is 131 cm³/mol. The Morgan fingerprint density at radius 2 is 2.11 bits per heavy atom. The highest BCUT2D eigenvalue weighted by Gasteiger charge is 2.23. The molecule has 2 N–H and O–H groups in total. The fraction of sp³-hybridized carbons (Fsp3) is 0.360. The Bertz CT molecular complexity index is 1340. The van der Waals surface area contributed by atoms with Gasteiger partial charge >= 0.3 is 0 Å².